The van der Waals surface area contributed by atoms with Crippen molar-refractivity contribution < 1.29 is 14.2 Å². The summed E-state index contributed by atoms with van der Waals surface area (Å²) >= 11 is 5.98. The van der Waals surface area contributed by atoms with Gasteiger partial charge in [0.05, 0.1) is 27.1 Å². The number of hydrogen-bond acceptors (Lipinski definition) is 4. The third-order valence-corrected chi connectivity index (χ3v) is 4.56. The standard InChI is InChI=1S/C21H23ClN2O3/c1-25-19-4-3-5-20(26-2)21(19)27-18(14-24-13-12-23-15-24)11-8-16-6-9-17(22)10-7-16/h3-7,9-10,12-13,15,18H,8,11,14H2,1-2H3. The highest BCUT2D eigenvalue weighted by molar-refractivity contribution is 6.30. The molecule has 1 unspecified atom stereocenters. The van der Waals surface area contributed by atoms with Crippen molar-refractivity contribution in [1.82, 2.24) is 9.55 Å². The Labute approximate surface area is 164 Å². The number of nitrogens with zero attached hydrogens (tertiary/aromatic N) is 2. The number of methoxy groups -OCH3 is 2. The molecule has 1 heterocycles. The summed E-state index contributed by atoms with van der Waals surface area (Å²) in [5.74, 6) is 1.91. The average molecular weight is 387 g/mol. The van der Waals surface area contributed by atoms with Crippen LogP contribution in [0.2, 0.25) is 5.02 Å². The van der Waals surface area contributed by atoms with E-state index in [9.17, 15) is 0 Å². The zero-order chi connectivity index (χ0) is 19.1. The summed E-state index contributed by atoms with van der Waals surface area (Å²) in [6, 6.07) is 13.5. The topological polar surface area (TPSA) is 45.5 Å². The Morgan fingerprint density at radius 2 is 1.74 bits per heavy atom. The van der Waals surface area contributed by atoms with Crippen molar-refractivity contribution in [2.45, 2.75) is 25.5 Å². The molecule has 0 bridgehead atoms. The quantitative estimate of drug-likeness (QED) is 0.537. The van der Waals surface area contributed by atoms with Crippen molar-refractivity contribution >= 4 is 11.6 Å². The maximum Gasteiger partial charge on any atom is 0.203 e. The summed E-state index contributed by atoms with van der Waals surface area (Å²) < 4.78 is 19.3. The van der Waals surface area contributed by atoms with Crippen LogP contribution in [0.3, 0.4) is 0 Å². The van der Waals surface area contributed by atoms with Crippen LogP contribution in [0.15, 0.2) is 61.2 Å². The van der Waals surface area contributed by atoms with E-state index in [1.807, 2.05) is 53.2 Å². The van der Waals surface area contributed by atoms with Crippen LogP contribution in [0.25, 0.3) is 0 Å². The van der Waals surface area contributed by atoms with E-state index in [-0.39, 0.29) is 6.10 Å². The van der Waals surface area contributed by atoms with Gasteiger partial charge >= 0.3 is 0 Å². The molecule has 0 N–H and O–H groups in total. The summed E-state index contributed by atoms with van der Waals surface area (Å²) in [7, 11) is 3.25. The van der Waals surface area contributed by atoms with Gasteiger partial charge in [-0.05, 0) is 42.7 Å². The first-order valence-electron chi connectivity index (χ1n) is 8.77. The van der Waals surface area contributed by atoms with E-state index in [2.05, 4.69) is 4.98 Å². The molecule has 0 aliphatic heterocycles. The van der Waals surface area contributed by atoms with Crippen LogP contribution in [-0.4, -0.2) is 29.9 Å². The van der Waals surface area contributed by atoms with Crippen molar-refractivity contribution in [1.29, 1.82) is 0 Å². The Morgan fingerprint density at radius 3 is 2.33 bits per heavy atom. The summed E-state index contributed by atoms with van der Waals surface area (Å²) in [6.45, 7) is 0.675. The zero-order valence-corrected chi connectivity index (χ0v) is 16.2. The van der Waals surface area contributed by atoms with Gasteiger partial charge in [-0.1, -0.05) is 29.8 Å². The highest BCUT2D eigenvalue weighted by Crippen LogP contribution is 2.38. The van der Waals surface area contributed by atoms with Gasteiger partial charge in [-0.15, -0.1) is 0 Å². The van der Waals surface area contributed by atoms with E-state index < -0.39 is 0 Å². The minimum Gasteiger partial charge on any atom is -0.493 e. The second kappa shape index (κ2) is 9.33. The molecule has 1 aromatic heterocycles. The third-order valence-electron chi connectivity index (χ3n) is 4.31. The number of ether oxygens (including phenoxy) is 3. The molecule has 0 saturated carbocycles. The molecule has 0 saturated heterocycles. The number of aromatic nitrogens is 2. The fourth-order valence-corrected chi connectivity index (χ4v) is 3.02. The zero-order valence-electron chi connectivity index (χ0n) is 15.5. The van der Waals surface area contributed by atoms with Crippen molar-refractivity contribution in [2.75, 3.05) is 14.2 Å². The molecule has 2 aromatic carbocycles. The van der Waals surface area contributed by atoms with E-state index >= 15 is 0 Å². The lowest BCUT2D eigenvalue weighted by Crippen LogP contribution is -2.24. The molecular weight excluding hydrogens is 364 g/mol. The lowest BCUT2D eigenvalue weighted by Gasteiger charge is -2.22. The Morgan fingerprint density at radius 1 is 1.04 bits per heavy atom. The van der Waals surface area contributed by atoms with Crippen LogP contribution < -0.4 is 14.2 Å². The number of benzene rings is 2. The summed E-state index contributed by atoms with van der Waals surface area (Å²) in [5, 5.41) is 0.740. The minimum absolute atomic E-state index is 0.0833. The Hall–Kier alpha value is -2.66. The number of halogens is 1. The smallest absolute Gasteiger partial charge is 0.203 e. The maximum atomic E-state index is 6.35. The Balaban J connectivity index is 1.78. The first-order valence-corrected chi connectivity index (χ1v) is 9.15. The molecule has 142 valence electrons. The third kappa shape index (κ3) is 5.17. The van der Waals surface area contributed by atoms with Gasteiger partial charge < -0.3 is 18.8 Å². The molecule has 6 heteroatoms. The molecule has 0 fully saturated rings. The first kappa shape index (κ1) is 19.1. The van der Waals surface area contributed by atoms with Gasteiger partial charge in [0, 0.05) is 17.4 Å². The van der Waals surface area contributed by atoms with Crippen LogP contribution in [-0.2, 0) is 13.0 Å². The van der Waals surface area contributed by atoms with Gasteiger partial charge in [-0.3, -0.25) is 0 Å². The largest absolute Gasteiger partial charge is 0.493 e. The van der Waals surface area contributed by atoms with Gasteiger partial charge in [0.1, 0.15) is 6.10 Å². The fraction of sp³-hybridized carbons (Fsp3) is 0.286. The normalized spacial score (nSPS) is 11.8. The monoisotopic (exact) mass is 386 g/mol. The molecule has 1 atom stereocenters. The lowest BCUT2D eigenvalue weighted by atomic mass is 10.1. The first-order chi connectivity index (χ1) is 13.2. The van der Waals surface area contributed by atoms with Crippen LogP contribution >= 0.6 is 11.6 Å². The second-order valence-electron chi connectivity index (χ2n) is 6.16. The molecule has 0 aliphatic carbocycles. The van der Waals surface area contributed by atoms with Crippen molar-refractivity contribution in [3.8, 4) is 17.2 Å². The molecular formula is C21H23ClN2O3. The molecule has 0 aliphatic rings. The van der Waals surface area contributed by atoms with E-state index in [4.69, 9.17) is 25.8 Å². The second-order valence-corrected chi connectivity index (χ2v) is 6.59. The number of rotatable bonds is 9. The van der Waals surface area contributed by atoms with E-state index in [1.165, 1.54) is 5.56 Å². The molecule has 0 radical (unpaired) electrons. The van der Waals surface area contributed by atoms with Gasteiger partial charge in [0.25, 0.3) is 0 Å². The molecule has 0 spiro atoms. The Kier molecular flexibility index (Phi) is 6.60. The van der Waals surface area contributed by atoms with Crippen LogP contribution in [0.4, 0.5) is 0 Å². The van der Waals surface area contributed by atoms with Crippen molar-refractivity contribution in [3.63, 3.8) is 0 Å². The van der Waals surface area contributed by atoms with Crippen molar-refractivity contribution in [2.24, 2.45) is 0 Å². The van der Waals surface area contributed by atoms with Crippen LogP contribution in [0.1, 0.15) is 12.0 Å². The van der Waals surface area contributed by atoms with Gasteiger partial charge in [0.15, 0.2) is 11.5 Å². The van der Waals surface area contributed by atoms with E-state index in [0.717, 1.165) is 17.9 Å². The van der Waals surface area contributed by atoms with Crippen molar-refractivity contribution in [3.05, 3.63) is 71.8 Å². The van der Waals surface area contributed by atoms with Crippen LogP contribution in [0.5, 0.6) is 17.2 Å². The summed E-state index contributed by atoms with van der Waals surface area (Å²) in [4.78, 5) is 4.12. The van der Waals surface area contributed by atoms with E-state index in [0.29, 0.717) is 23.8 Å². The molecule has 3 aromatic rings. The predicted molar refractivity (Wildman–Crippen MR) is 106 cm³/mol. The molecule has 0 amide bonds. The minimum atomic E-state index is -0.0833. The number of aryl methyl sites for hydroxylation is 1. The number of para-hydroxylation sites is 1. The fourth-order valence-electron chi connectivity index (χ4n) is 2.90. The maximum absolute atomic E-state index is 6.35. The number of hydrogen-bond donors (Lipinski definition) is 0. The average Bonchev–Trinajstić information content (AvgIpc) is 3.20. The lowest BCUT2D eigenvalue weighted by molar-refractivity contribution is 0.157. The van der Waals surface area contributed by atoms with Gasteiger partial charge in [-0.25, -0.2) is 4.98 Å². The van der Waals surface area contributed by atoms with Gasteiger partial charge in [0.2, 0.25) is 5.75 Å². The van der Waals surface area contributed by atoms with E-state index in [1.54, 1.807) is 26.7 Å². The molecule has 3 rings (SSSR count). The summed E-state index contributed by atoms with van der Waals surface area (Å²) in [5.41, 5.74) is 1.21. The van der Waals surface area contributed by atoms with Crippen LogP contribution in [0, 0.1) is 0 Å². The predicted octanol–water partition coefficient (Wildman–Crippen LogP) is 4.63. The highest BCUT2D eigenvalue weighted by Gasteiger charge is 2.18. The molecule has 5 nitrogen and oxygen atoms in total. The molecule has 27 heavy (non-hydrogen) atoms. The summed E-state index contributed by atoms with van der Waals surface area (Å²) in [6.07, 6.45) is 7.09. The SMILES string of the molecule is COc1cccc(OC)c1OC(CCc1ccc(Cl)cc1)Cn1ccnc1. The Bertz CT molecular complexity index is 813. The van der Waals surface area contributed by atoms with Gasteiger partial charge in [-0.2, -0.15) is 0 Å². The highest BCUT2D eigenvalue weighted by atomic mass is 35.5. The number of imidazole rings is 1.